The maximum atomic E-state index is 11.7. The first-order valence-electron chi connectivity index (χ1n) is 8.39. The monoisotopic (exact) mass is 344 g/mol. The molecule has 0 atom stereocenters. The average molecular weight is 344 g/mol. The maximum absolute atomic E-state index is 11.7. The van der Waals surface area contributed by atoms with Gasteiger partial charge in [-0.15, -0.1) is 6.58 Å². The Morgan fingerprint density at radius 3 is 2.84 bits per heavy atom. The standard InChI is InChI=1S/C19H24N2O4/c1-3-10-21(4-2)11-9-14-13-20-17-6-5-15(12-16(14)17)25-19(24)8-7-18(22)23/h3,5-6,12-13,20H,1,4,7-11H2,2H3,(H,22,23). The van der Waals surface area contributed by atoms with Crippen LogP contribution in [0.3, 0.4) is 0 Å². The second-order valence-corrected chi connectivity index (χ2v) is 5.82. The summed E-state index contributed by atoms with van der Waals surface area (Å²) in [6, 6.07) is 5.39. The number of ether oxygens (including phenoxy) is 1. The average Bonchev–Trinajstić information content (AvgIpc) is 2.99. The quantitative estimate of drug-likeness (QED) is 0.393. The molecule has 0 amide bonds. The lowest BCUT2D eigenvalue weighted by atomic mass is 10.1. The van der Waals surface area contributed by atoms with E-state index in [0.717, 1.165) is 42.5 Å². The van der Waals surface area contributed by atoms with Gasteiger partial charge in [0.1, 0.15) is 5.75 Å². The number of carbonyl (C=O) groups is 2. The summed E-state index contributed by atoms with van der Waals surface area (Å²) in [4.78, 5) is 27.7. The fourth-order valence-corrected chi connectivity index (χ4v) is 2.66. The van der Waals surface area contributed by atoms with Gasteiger partial charge in [0.25, 0.3) is 0 Å². The Bertz CT molecular complexity index is 751. The van der Waals surface area contributed by atoms with Crippen LogP contribution in [0.2, 0.25) is 0 Å². The van der Waals surface area contributed by atoms with Gasteiger partial charge in [-0.1, -0.05) is 13.0 Å². The van der Waals surface area contributed by atoms with Gasteiger partial charge in [0.2, 0.25) is 0 Å². The summed E-state index contributed by atoms with van der Waals surface area (Å²) in [6.45, 7) is 8.62. The number of rotatable bonds is 10. The maximum Gasteiger partial charge on any atom is 0.311 e. The molecule has 0 aliphatic heterocycles. The molecule has 0 aliphatic rings. The lowest BCUT2D eigenvalue weighted by Gasteiger charge is -2.17. The predicted molar refractivity (Wildman–Crippen MR) is 96.8 cm³/mol. The number of benzene rings is 1. The highest BCUT2D eigenvalue weighted by atomic mass is 16.5. The first-order chi connectivity index (χ1) is 12.0. The Balaban J connectivity index is 2.06. The molecule has 0 aliphatic carbocycles. The second-order valence-electron chi connectivity index (χ2n) is 5.82. The normalized spacial score (nSPS) is 11.0. The van der Waals surface area contributed by atoms with Crippen LogP contribution in [0.5, 0.6) is 5.75 Å². The number of nitrogens with zero attached hydrogens (tertiary/aromatic N) is 1. The van der Waals surface area contributed by atoms with E-state index in [1.54, 1.807) is 6.07 Å². The van der Waals surface area contributed by atoms with E-state index in [9.17, 15) is 9.59 Å². The topological polar surface area (TPSA) is 82.6 Å². The molecule has 0 saturated carbocycles. The van der Waals surface area contributed by atoms with Crippen molar-refractivity contribution in [1.29, 1.82) is 0 Å². The number of carboxylic acid groups (broad SMARTS) is 1. The van der Waals surface area contributed by atoms with Gasteiger partial charge in [-0.3, -0.25) is 14.5 Å². The summed E-state index contributed by atoms with van der Waals surface area (Å²) < 4.78 is 5.24. The Morgan fingerprint density at radius 1 is 1.36 bits per heavy atom. The molecule has 6 nitrogen and oxygen atoms in total. The van der Waals surface area contributed by atoms with Crippen LogP contribution in [-0.4, -0.2) is 46.6 Å². The number of likely N-dealkylation sites (N-methyl/N-ethyl adjacent to an activating group) is 1. The van der Waals surface area contributed by atoms with Crippen molar-refractivity contribution in [1.82, 2.24) is 9.88 Å². The van der Waals surface area contributed by atoms with E-state index in [1.165, 1.54) is 0 Å². The molecule has 0 fully saturated rings. The first-order valence-corrected chi connectivity index (χ1v) is 8.39. The summed E-state index contributed by atoms with van der Waals surface area (Å²) in [5.41, 5.74) is 2.13. The molecule has 0 radical (unpaired) electrons. The van der Waals surface area contributed by atoms with Crippen LogP contribution in [0, 0.1) is 0 Å². The number of fused-ring (bicyclic) bond motifs is 1. The molecular weight excluding hydrogens is 320 g/mol. The number of carbonyl (C=O) groups excluding carboxylic acids is 1. The zero-order chi connectivity index (χ0) is 18.2. The van der Waals surface area contributed by atoms with Gasteiger partial charge in [0, 0.05) is 30.2 Å². The minimum absolute atomic E-state index is 0.139. The Morgan fingerprint density at radius 2 is 2.16 bits per heavy atom. The van der Waals surface area contributed by atoms with Crippen LogP contribution in [0.4, 0.5) is 0 Å². The lowest BCUT2D eigenvalue weighted by Crippen LogP contribution is -2.25. The summed E-state index contributed by atoms with van der Waals surface area (Å²) in [5.74, 6) is -1.12. The highest BCUT2D eigenvalue weighted by Crippen LogP contribution is 2.24. The summed E-state index contributed by atoms with van der Waals surface area (Å²) in [7, 11) is 0. The molecule has 1 aromatic carbocycles. The van der Waals surface area contributed by atoms with Crippen LogP contribution in [-0.2, 0) is 16.0 Å². The molecule has 2 aromatic rings. The first kappa shape index (κ1) is 18.7. The molecule has 0 bridgehead atoms. The number of aromatic nitrogens is 1. The van der Waals surface area contributed by atoms with E-state index in [4.69, 9.17) is 9.84 Å². The molecule has 2 rings (SSSR count). The predicted octanol–water partition coefficient (Wildman–Crippen LogP) is 2.99. The lowest BCUT2D eigenvalue weighted by molar-refractivity contribution is -0.142. The summed E-state index contributed by atoms with van der Waals surface area (Å²) in [5, 5.41) is 9.63. The third kappa shape index (κ3) is 5.46. The highest BCUT2D eigenvalue weighted by Gasteiger charge is 2.11. The van der Waals surface area contributed by atoms with Crippen LogP contribution in [0.15, 0.2) is 37.1 Å². The number of hydrogen-bond donors (Lipinski definition) is 2. The fraction of sp³-hybridized carbons (Fsp3) is 0.368. The van der Waals surface area contributed by atoms with E-state index in [0.29, 0.717) is 5.75 Å². The molecule has 0 saturated heterocycles. The van der Waals surface area contributed by atoms with Gasteiger partial charge in [-0.05, 0) is 36.7 Å². The van der Waals surface area contributed by atoms with Crippen LogP contribution in [0.1, 0.15) is 25.3 Å². The van der Waals surface area contributed by atoms with E-state index in [2.05, 4.69) is 23.4 Å². The molecule has 6 heteroatoms. The SMILES string of the molecule is C=CCN(CC)CCc1c[nH]c2ccc(OC(=O)CCC(=O)O)cc12. The molecule has 25 heavy (non-hydrogen) atoms. The third-order valence-corrected chi connectivity index (χ3v) is 4.05. The Hall–Kier alpha value is -2.60. The highest BCUT2D eigenvalue weighted by molar-refractivity contribution is 5.86. The van der Waals surface area contributed by atoms with Crippen molar-refractivity contribution < 1.29 is 19.4 Å². The minimum atomic E-state index is -1.01. The van der Waals surface area contributed by atoms with Gasteiger partial charge in [-0.25, -0.2) is 0 Å². The van der Waals surface area contributed by atoms with E-state index in [-0.39, 0.29) is 12.8 Å². The van der Waals surface area contributed by atoms with Crippen LogP contribution < -0.4 is 4.74 Å². The molecule has 1 aromatic heterocycles. The zero-order valence-corrected chi connectivity index (χ0v) is 14.5. The second kappa shape index (κ2) is 9.03. The van der Waals surface area contributed by atoms with Gasteiger partial charge in [0.05, 0.1) is 12.8 Å². The molecular formula is C19H24N2O4. The van der Waals surface area contributed by atoms with E-state index >= 15 is 0 Å². The van der Waals surface area contributed by atoms with Crippen molar-refractivity contribution in [3.63, 3.8) is 0 Å². The number of aliphatic carboxylic acids is 1. The molecule has 0 spiro atoms. The minimum Gasteiger partial charge on any atom is -0.481 e. The number of esters is 1. The molecule has 134 valence electrons. The van der Waals surface area contributed by atoms with E-state index < -0.39 is 11.9 Å². The molecule has 2 N–H and O–H groups in total. The van der Waals surface area contributed by atoms with Crippen molar-refractivity contribution >= 4 is 22.8 Å². The number of hydrogen-bond acceptors (Lipinski definition) is 4. The van der Waals surface area contributed by atoms with Crippen molar-refractivity contribution in [3.05, 3.63) is 42.6 Å². The van der Waals surface area contributed by atoms with Crippen LogP contribution >= 0.6 is 0 Å². The van der Waals surface area contributed by atoms with E-state index in [1.807, 2.05) is 24.4 Å². The number of carboxylic acids is 1. The van der Waals surface area contributed by atoms with Gasteiger partial charge in [0.15, 0.2) is 0 Å². The smallest absolute Gasteiger partial charge is 0.311 e. The molecule has 0 unspecified atom stereocenters. The fourth-order valence-electron chi connectivity index (χ4n) is 2.66. The van der Waals surface area contributed by atoms with Crippen molar-refractivity contribution in [2.45, 2.75) is 26.2 Å². The largest absolute Gasteiger partial charge is 0.481 e. The summed E-state index contributed by atoms with van der Waals surface area (Å²) >= 11 is 0. The van der Waals surface area contributed by atoms with Crippen molar-refractivity contribution in [2.75, 3.05) is 19.6 Å². The number of H-pyrrole nitrogens is 1. The Labute approximate surface area is 147 Å². The number of aromatic amines is 1. The summed E-state index contributed by atoms with van der Waals surface area (Å²) in [6.07, 6.45) is 4.38. The van der Waals surface area contributed by atoms with Crippen molar-refractivity contribution in [3.8, 4) is 5.75 Å². The van der Waals surface area contributed by atoms with Gasteiger partial charge < -0.3 is 14.8 Å². The number of nitrogens with one attached hydrogen (secondary N) is 1. The van der Waals surface area contributed by atoms with Gasteiger partial charge in [-0.2, -0.15) is 0 Å². The van der Waals surface area contributed by atoms with Crippen molar-refractivity contribution in [2.24, 2.45) is 0 Å². The zero-order valence-electron chi connectivity index (χ0n) is 14.5. The van der Waals surface area contributed by atoms with Crippen LogP contribution in [0.25, 0.3) is 10.9 Å². The van der Waals surface area contributed by atoms with Gasteiger partial charge >= 0.3 is 11.9 Å². The third-order valence-electron chi connectivity index (χ3n) is 4.05. The molecule has 1 heterocycles. The Kier molecular flexibility index (Phi) is 6.77.